The fraction of sp³-hybridized carbons (Fsp3) is 0.381. The lowest BCUT2D eigenvalue weighted by Gasteiger charge is -2.20. The number of halogens is 1. The monoisotopic (exact) mass is 411 g/mol. The number of hydrogen-bond donors (Lipinski definition) is 0. The number of aromatic nitrogens is 5. The first kappa shape index (κ1) is 20.1. The maximum absolute atomic E-state index is 13.2. The third kappa shape index (κ3) is 4.68. The fourth-order valence-electron chi connectivity index (χ4n) is 3.36. The molecule has 0 radical (unpaired) electrons. The van der Waals surface area contributed by atoms with Gasteiger partial charge in [-0.05, 0) is 43.0 Å². The quantitative estimate of drug-likeness (QED) is 0.552. The summed E-state index contributed by atoms with van der Waals surface area (Å²) in [6, 6.07) is 6.02. The summed E-state index contributed by atoms with van der Waals surface area (Å²) >= 11 is 0. The topological polar surface area (TPSA) is 92.0 Å². The SMILES string of the molecule is Cn1nnc(-c2ccc(F)cc2)c1COc1cnc(C(=O)CC2CCOCC2)cn1. The molecule has 1 aromatic carbocycles. The minimum atomic E-state index is -0.317. The second kappa shape index (κ2) is 9.08. The highest BCUT2D eigenvalue weighted by atomic mass is 19.1. The van der Waals surface area contributed by atoms with Crippen molar-refractivity contribution < 1.29 is 18.7 Å². The normalized spacial score (nSPS) is 14.6. The van der Waals surface area contributed by atoms with Crippen LogP contribution < -0.4 is 4.74 Å². The average molecular weight is 411 g/mol. The van der Waals surface area contributed by atoms with Crippen molar-refractivity contribution in [3.05, 3.63) is 53.9 Å². The molecule has 1 aliphatic rings. The van der Waals surface area contributed by atoms with Crippen molar-refractivity contribution in [2.45, 2.75) is 25.9 Å². The van der Waals surface area contributed by atoms with Crippen molar-refractivity contribution in [1.82, 2.24) is 25.0 Å². The Morgan fingerprint density at radius 1 is 1.20 bits per heavy atom. The molecule has 0 unspecified atom stereocenters. The molecule has 2 aromatic heterocycles. The number of aryl methyl sites for hydroxylation is 1. The van der Waals surface area contributed by atoms with Gasteiger partial charge in [-0.25, -0.2) is 19.0 Å². The number of rotatable bonds is 7. The minimum absolute atomic E-state index is 0.0182. The van der Waals surface area contributed by atoms with Crippen molar-refractivity contribution in [3.8, 4) is 17.1 Å². The van der Waals surface area contributed by atoms with Crippen LogP contribution in [0.25, 0.3) is 11.3 Å². The Balaban J connectivity index is 1.39. The number of benzene rings is 1. The van der Waals surface area contributed by atoms with Gasteiger partial charge in [0.15, 0.2) is 5.78 Å². The summed E-state index contributed by atoms with van der Waals surface area (Å²) in [5, 5.41) is 8.17. The zero-order chi connectivity index (χ0) is 20.9. The Labute approximate surface area is 173 Å². The molecule has 0 saturated carbocycles. The van der Waals surface area contributed by atoms with Crippen molar-refractivity contribution in [3.63, 3.8) is 0 Å². The predicted molar refractivity (Wildman–Crippen MR) is 105 cm³/mol. The van der Waals surface area contributed by atoms with Gasteiger partial charge in [-0.3, -0.25) is 4.79 Å². The van der Waals surface area contributed by atoms with Gasteiger partial charge in [0.1, 0.15) is 29.5 Å². The highest BCUT2D eigenvalue weighted by Gasteiger charge is 2.20. The van der Waals surface area contributed by atoms with Crippen LogP contribution in [0, 0.1) is 11.7 Å². The second-order valence-electron chi connectivity index (χ2n) is 7.23. The van der Waals surface area contributed by atoms with Gasteiger partial charge in [-0.1, -0.05) is 5.21 Å². The van der Waals surface area contributed by atoms with Gasteiger partial charge >= 0.3 is 0 Å². The van der Waals surface area contributed by atoms with E-state index < -0.39 is 0 Å². The molecule has 8 nitrogen and oxygen atoms in total. The van der Waals surface area contributed by atoms with Crippen LogP contribution in [0.5, 0.6) is 5.88 Å². The maximum Gasteiger partial charge on any atom is 0.232 e. The van der Waals surface area contributed by atoms with Gasteiger partial charge in [-0.15, -0.1) is 5.10 Å². The Bertz CT molecular complexity index is 998. The zero-order valence-electron chi connectivity index (χ0n) is 16.6. The average Bonchev–Trinajstić information content (AvgIpc) is 3.14. The van der Waals surface area contributed by atoms with E-state index in [1.807, 2.05) is 0 Å². The van der Waals surface area contributed by atoms with Gasteiger partial charge in [-0.2, -0.15) is 0 Å². The van der Waals surface area contributed by atoms with Gasteiger partial charge in [0.25, 0.3) is 0 Å². The number of Topliss-reactive ketones (excluding diaryl/α,β-unsaturated/α-hetero) is 1. The molecule has 1 aliphatic heterocycles. The van der Waals surface area contributed by atoms with E-state index in [2.05, 4.69) is 20.3 Å². The van der Waals surface area contributed by atoms with Gasteiger partial charge in [0.2, 0.25) is 5.88 Å². The van der Waals surface area contributed by atoms with E-state index >= 15 is 0 Å². The highest BCUT2D eigenvalue weighted by molar-refractivity contribution is 5.94. The molecule has 1 fully saturated rings. The summed E-state index contributed by atoms with van der Waals surface area (Å²) in [6.07, 6.45) is 5.14. The summed E-state index contributed by atoms with van der Waals surface area (Å²) in [7, 11) is 1.75. The molecule has 9 heteroatoms. The summed E-state index contributed by atoms with van der Waals surface area (Å²) in [4.78, 5) is 20.8. The van der Waals surface area contributed by atoms with E-state index in [4.69, 9.17) is 9.47 Å². The van der Waals surface area contributed by atoms with Crippen LogP contribution in [0.15, 0.2) is 36.7 Å². The highest BCUT2D eigenvalue weighted by Crippen LogP contribution is 2.23. The van der Waals surface area contributed by atoms with E-state index in [1.54, 1.807) is 23.9 Å². The molecule has 0 spiro atoms. The summed E-state index contributed by atoms with van der Waals surface area (Å²) in [5.74, 6) is 0.299. The van der Waals surface area contributed by atoms with E-state index in [-0.39, 0.29) is 18.2 Å². The van der Waals surface area contributed by atoms with Gasteiger partial charge in [0, 0.05) is 32.2 Å². The first-order valence-electron chi connectivity index (χ1n) is 9.80. The van der Waals surface area contributed by atoms with Gasteiger partial charge < -0.3 is 9.47 Å². The number of carbonyl (C=O) groups excluding carboxylic acids is 1. The Hall–Kier alpha value is -3.20. The molecular weight excluding hydrogens is 389 g/mol. The van der Waals surface area contributed by atoms with Crippen LogP contribution in [0.3, 0.4) is 0 Å². The van der Waals surface area contributed by atoms with Crippen LogP contribution in [-0.4, -0.2) is 44.0 Å². The third-order valence-corrected chi connectivity index (χ3v) is 5.15. The van der Waals surface area contributed by atoms with Crippen LogP contribution in [0.2, 0.25) is 0 Å². The molecule has 1 saturated heterocycles. The van der Waals surface area contributed by atoms with Crippen LogP contribution in [0.1, 0.15) is 35.4 Å². The summed E-state index contributed by atoms with van der Waals surface area (Å²) in [6.45, 7) is 1.57. The lowest BCUT2D eigenvalue weighted by Crippen LogP contribution is -2.19. The molecule has 0 bridgehead atoms. The van der Waals surface area contributed by atoms with E-state index in [9.17, 15) is 9.18 Å². The summed E-state index contributed by atoms with van der Waals surface area (Å²) < 4.78 is 25.8. The first-order valence-corrected chi connectivity index (χ1v) is 9.80. The standard InChI is InChI=1S/C21H22FN5O3/c1-27-18(21(25-26-27)15-2-4-16(22)5-3-15)13-30-20-12-23-17(11-24-20)19(28)10-14-6-8-29-9-7-14/h2-5,11-12,14H,6-10,13H2,1H3. The molecule has 0 aliphatic carbocycles. The van der Waals surface area contributed by atoms with E-state index in [0.717, 1.165) is 18.4 Å². The molecule has 4 rings (SSSR count). The fourth-order valence-corrected chi connectivity index (χ4v) is 3.36. The number of ketones is 1. The Morgan fingerprint density at radius 2 is 1.97 bits per heavy atom. The summed E-state index contributed by atoms with van der Waals surface area (Å²) in [5.41, 5.74) is 2.39. The van der Waals surface area contributed by atoms with Crippen molar-refractivity contribution in [2.24, 2.45) is 13.0 Å². The molecule has 0 N–H and O–H groups in total. The maximum atomic E-state index is 13.2. The van der Waals surface area contributed by atoms with E-state index in [0.29, 0.717) is 48.5 Å². The molecule has 3 aromatic rings. The molecule has 0 amide bonds. The molecular formula is C21H22FN5O3. The van der Waals surface area contributed by atoms with Crippen LogP contribution in [-0.2, 0) is 18.4 Å². The predicted octanol–water partition coefficient (Wildman–Crippen LogP) is 2.99. The smallest absolute Gasteiger partial charge is 0.232 e. The Kier molecular flexibility index (Phi) is 6.08. The lowest BCUT2D eigenvalue weighted by molar-refractivity contribution is 0.0599. The number of ether oxygens (including phenoxy) is 2. The third-order valence-electron chi connectivity index (χ3n) is 5.15. The number of hydrogen-bond acceptors (Lipinski definition) is 7. The molecule has 30 heavy (non-hydrogen) atoms. The van der Waals surface area contributed by atoms with Gasteiger partial charge in [0.05, 0.1) is 12.4 Å². The van der Waals surface area contributed by atoms with Crippen molar-refractivity contribution >= 4 is 5.78 Å². The molecule has 156 valence electrons. The first-order chi connectivity index (χ1) is 14.6. The molecule has 3 heterocycles. The van der Waals surface area contributed by atoms with Crippen LogP contribution >= 0.6 is 0 Å². The molecule has 0 atom stereocenters. The lowest BCUT2D eigenvalue weighted by atomic mass is 9.93. The Morgan fingerprint density at radius 3 is 2.67 bits per heavy atom. The number of nitrogens with zero attached hydrogens (tertiary/aromatic N) is 5. The van der Waals surface area contributed by atoms with E-state index in [1.165, 1.54) is 24.5 Å². The van der Waals surface area contributed by atoms with Crippen molar-refractivity contribution in [1.29, 1.82) is 0 Å². The van der Waals surface area contributed by atoms with Crippen molar-refractivity contribution in [2.75, 3.05) is 13.2 Å². The second-order valence-corrected chi connectivity index (χ2v) is 7.23. The number of carbonyl (C=O) groups is 1. The largest absolute Gasteiger partial charge is 0.470 e. The zero-order valence-corrected chi connectivity index (χ0v) is 16.6. The minimum Gasteiger partial charge on any atom is -0.470 e. The van der Waals surface area contributed by atoms with Crippen LogP contribution in [0.4, 0.5) is 4.39 Å².